The molecule has 90 valence electrons. The highest BCUT2D eigenvalue weighted by Gasteiger charge is 2.26. The van der Waals surface area contributed by atoms with Crippen molar-refractivity contribution in [3.05, 3.63) is 30.6 Å². The van der Waals surface area contributed by atoms with E-state index in [9.17, 15) is 0 Å². The van der Waals surface area contributed by atoms with E-state index < -0.39 is 0 Å². The number of rotatable bonds is 2. The predicted octanol–water partition coefficient (Wildman–Crippen LogP) is 1.51. The number of anilines is 1. The maximum Gasteiger partial charge on any atom is 0.138 e. The molecule has 1 aliphatic heterocycles. The molecular weight excluding hydrogens is 212 g/mol. The van der Waals surface area contributed by atoms with Gasteiger partial charge >= 0.3 is 0 Å². The van der Waals surface area contributed by atoms with Gasteiger partial charge in [-0.1, -0.05) is 6.07 Å². The third-order valence-corrected chi connectivity index (χ3v) is 3.70. The van der Waals surface area contributed by atoms with E-state index >= 15 is 0 Å². The Morgan fingerprint density at radius 3 is 3.12 bits per heavy atom. The van der Waals surface area contributed by atoms with Crippen LogP contribution in [0.25, 0.3) is 5.65 Å². The van der Waals surface area contributed by atoms with E-state index in [0.717, 1.165) is 18.7 Å². The second-order valence-electron chi connectivity index (χ2n) is 4.89. The number of nitrogens with two attached hydrogens (primary N) is 1. The first-order valence-corrected chi connectivity index (χ1v) is 6.18. The van der Waals surface area contributed by atoms with E-state index in [0.29, 0.717) is 5.92 Å². The molecule has 0 amide bonds. The molecule has 1 fully saturated rings. The van der Waals surface area contributed by atoms with Crippen LogP contribution in [0.2, 0.25) is 0 Å². The molecule has 2 aromatic rings. The third-order valence-electron chi connectivity index (χ3n) is 3.70. The molecule has 2 N–H and O–H groups in total. The average Bonchev–Trinajstić information content (AvgIpc) is 2.97. The summed E-state index contributed by atoms with van der Waals surface area (Å²) >= 11 is 0. The molecule has 3 rings (SSSR count). The van der Waals surface area contributed by atoms with Crippen molar-refractivity contribution < 1.29 is 0 Å². The summed E-state index contributed by atoms with van der Waals surface area (Å²) in [7, 11) is 0. The number of fused-ring (bicyclic) bond motifs is 1. The highest BCUT2D eigenvalue weighted by molar-refractivity contribution is 5.52. The number of hydrogen-bond acceptors (Lipinski definition) is 3. The molecule has 0 saturated carbocycles. The molecule has 1 aliphatic rings. The summed E-state index contributed by atoms with van der Waals surface area (Å²) < 4.78 is 2.14. The Morgan fingerprint density at radius 2 is 2.35 bits per heavy atom. The molecular formula is C13H18N4. The van der Waals surface area contributed by atoms with E-state index in [-0.39, 0.29) is 6.04 Å². The Labute approximate surface area is 101 Å². The Morgan fingerprint density at radius 1 is 1.47 bits per heavy atom. The van der Waals surface area contributed by atoms with Gasteiger partial charge in [-0.2, -0.15) is 0 Å². The van der Waals surface area contributed by atoms with Crippen LogP contribution < -0.4 is 10.6 Å². The third kappa shape index (κ3) is 1.78. The van der Waals surface area contributed by atoms with Gasteiger partial charge in [0.15, 0.2) is 0 Å². The fourth-order valence-electron chi connectivity index (χ4n) is 2.61. The van der Waals surface area contributed by atoms with Gasteiger partial charge in [0.2, 0.25) is 0 Å². The molecule has 4 nitrogen and oxygen atoms in total. The van der Waals surface area contributed by atoms with Gasteiger partial charge in [0, 0.05) is 31.5 Å². The lowest BCUT2D eigenvalue weighted by Gasteiger charge is -2.21. The molecule has 0 radical (unpaired) electrons. The SMILES string of the molecule is CC(N)C1CCN(c2cccc3nccn23)C1. The smallest absolute Gasteiger partial charge is 0.138 e. The van der Waals surface area contributed by atoms with Gasteiger partial charge in [-0.05, 0) is 31.4 Å². The second-order valence-corrected chi connectivity index (χ2v) is 4.89. The Kier molecular flexibility index (Phi) is 2.52. The zero-order valence-electron chi connectivity index (χ0n) is 10.1. The first-order chi connectivity index (χ1) is 8.25. The van der Waals surface area contributed by atoms with Crippen LogP contribution in [0, 0.1) is 5.92 Å². The van der Waals surface area contributed by atoms with E-state index in [1.807, 2.05) is 18.5 Å². The summed E-state index contributed by atoms with van der Waals surface area (Å²) in [5, 5.41) is 0. The molecule has 2 atom stereocenters. The number of hydrogen-bond donors (Lipinski definition) is 1. The molecule has 0 aliphatic carbocycles. The second kappa shape index (κ2) is 4.04. The van der Waals surface area contributed by atoms with E-state index in [1.165, 1.54) is 12.2 Å². The highest BCUT2D eigenvalue weighted by atomic mass is 15.2. The largest absolute Gasteiger partial charge is 0.357 e. The van der Waals surface area contributed by atoms with Crippen molar-refractivity contribution in [2.24, 2.45) is 11.7 Å². The van der Waals surface area contributed by atoms with Gasteiger partial charge in [-0.15, -0.1) is 0 Å². The zero-order valence-corrected chi connectivity index (χ0v) is 10.1. The van der Waals surface area contributed by atoms with Crippen molar-refractivity contribution in [2.45, 2.75) is 19.4 Å². The summed E-state index contributed by atoms with van der Waals surface area (Å²) in [6, 6.07) is 6.53. The van der Waals surface area contributed by atoms with Crippen LogP contribution in [-0.4, -0.2) is 28.5 Å². The average molecular weight is 230 g/mol. The zero-order chi connectivity index (χ0) is 11.8. The van der Waals surface area contributed by atoms with Crippen LogP contribution in [-0.2, 0) is 0 Å². The quantitative estimate of drug-likeness (QED) is 0.850. The minimum atomic E-state index is 0.280. The van der Waals surface area contributed by atoms with Gasteiger partial charge < -0.3 is 10.6 Å². The maximum atomic E-state index is 5.98. The molecule has 0 bridgehead atoms. The number of aromatic nitrogens is 2. The van der Waals surface area contributed by atoms with E-state index in [2.05, 4.69) is 33.3 Å². The monoisotopic (exact) mass is 230 g/mol. The number of nitrogens with zero attached hydrogens (tertiary/aromatic N) is 3. The lowest BCUT2D eigenvalue weighted by Crippen LogP contribution is -2.30. The lowest BCUT2D eigenvalue weighted by molar-refractivity contribution is 0.488. The maximum absolute atomic E-state index is 5.98. The first-order valence-electron chi connectivity index (χ1n) is 6.18. The van der Waals surface area contributed by atoms with Crippen molar-refractivity contribution >= 4 is 11.5 Å². The minimum Gasteiger partial charge on any atom is -0.357 e. The summed E-state index contributed by atoms with van der Waals surface area (Å²) in [4.78, 5) is 6.72. The number of imidazole rings is 1. The van der Waals surface area contributed by atoms with Crippen molar-refractivity contribution in [2.75, 3.05) is 18.0 Å². The van der Waals surface area contributed by atoms with Gasteiger partial charge in [0.1, 0.15) is 11.5 Å². The van der Waals surface area contributed by atoms with Crippen LogP contribution in [0.5, 0.6) is 0 Å². The molecule has 2 aromatic heterocycles. The molecule has 0 aromatic carbocycles. The van der Waals surface area contributed by atoms with Gasteiger partial charge in [0.25, 0.3) is 0 Å². The van der Waals surface area contributed by atoms with Gasteiger partial charge in [-0.3, -0.25) is 4.40 Å². The summed E-state index contributed by atoms with van der Waals surface area (Å²) in [5.74, 6) is 1.83. The van der Waals surface area contributed by atoms with E-state index in [1.54, 1.807) is 0 Å². The first kappa shape index (κ1) is 10.6. The predicted molar refractivity (Wildman–Crippen MR) is 69.2 cm³/mol. The van der Waals surface area contributed by atoms with Crippen LogP contribution in [0.4, 0.5) is 5.82 Å². The Balaban J connectivity index is 1.92. The number of pyridine rings is 1. The van der Waals surface area contributed by atoms with Crippen LogP contribution >= 0.6 is 0 Å². The Bertz CT molecular complexity index is 517. The molecule has 4 heteroatoms. The fourth-order valence-corrected chi connectivity index (χ4v) is 2.61. The topological polar surface area (TPSA) is 46.6 Å². The Hall–Kier alpha value is -1.55. The van der Waals surface area contributed by atoms with Crippen molar-refractivity contribution in [1.29, 1.82) is 0 Å². The van der Waals surface area contributed by atoms with Crippen molar-refractivity contribution in [3.63, 3.8) is 0 Å². The van der Waals surface area contributed by atoms with Crippen molar-refractivity contribution in [1.82, 2.24) is 9.38 Å². The van der Waals surface area contributed by atoms with Crippen LogP contribution in [0.15, 0.2) is 30.6 Å². The molecule has 2 unspecified atom stereocenters. The standard InChI is InChI=1S/C13H18N4/c1-10(14)11-5-7-16(9-11)13-4-2-3-12-15-6-8-17(12)13/h2-4,6,8,10-11H,5,7,9,14H2,1H3. The molecule has 1 saturated heterocycles. The summed E-state index contributed by atoms with van der Waals surface area (Å²) in [5.41, 5.74) is 6.99. The van der Waals surface area contributed by atoms with Gasteiger partial charge in [-0.25, -0.2) is 4.98 Å². The normalized spacial score (nSPS) is 22.2. The molecule has 0 spiro atoms. The molecule has 3 heterocycles. The van der Waals surface area contributed by atoms with E-state index in [4.69, 9.17) is 5.73 Å². The van der Waals surface area contributed by atoms with Gasteiger partial charge in [0.05, 0.1) is 0 Å². The van der Waals surface area contributed by atoms with Crippen LogP contribution in [0.3, 0.4) is 0 Å². The van der Waals surface area contributed by atoms with Crippen LogP contribution in [0.1, 0.15) is 13.3 Å². The minimum absolute atomic E-state index is 0.280. The van der Waals surface area contributed by atoms with Crippen molar-refractivity contribution in [3.8, 4) is 0 Å². The lowest BCUT2D eigenvalue weighted by atomic mass is 10.0. The highest BCUT2D eigenvalue weighted by Crippen LogP contribution is 2.25. The summed E-state index contributed by atoms with van der Waals surface area (Å²) in [6.45, 7) is 4.24. The fraction of sp³-hybridized carbons (Fsp3) is 0.462. The summed E-state index contributed by atoms with van der Waals surface area (Å²) in [6.07, 6.45) is 5.05. The molecule has 17 heavy (non-hydrogen) atoms.